The van der Waals surface area contributed by atoms with Crippen molar-refractivity contribution in [2.24, 2.45) is 5.10 Å². The van der Waals surface area contributed by atoms with Crippen LogP contribution in [0.1, 0.15) is 12.5 Å². The van der Waals surface area contributed by atoms with E-state index >= 15 is 0 Å². The second-order valence-electron chi connectivity index (χ2n) is 5.26. The first kappa shape index (κ1) is 15.5. The average Bonchev–Trinajstić information content (AvgIpc) is 2.61. The van der Waals surface area contributed by atoms with Crippen molar-refractivity contribution < 1.29 is 0 Å². The molecule has 0 amide bonds. The number of halogens is 1. The van der Waals surface area contributed by atoms with E-state index in [4.69, 9.17) is 0 Å². The van der Waals surface area contributed by atoms with Crippen LogP contribution in [0.3, 0.4) is 0 Å². The highest BCUT2D eigenvalue weighted by atomic mass is 79.9. The lowest BCUT2D eigenvalue weighted by atomic mass is 10.0. The van der Waals surface area contributed by atoms with Crippen LogP contribution in [0.2, 0.25) is 0 Å². The van der Waals surface area contributed by atoms with Gasteiger partial charge in [-0.15, -0.1) is 0 Å². The van der Waals surface area contributed by atoms with Crippen LogP contribution in [-0.4, -0.2) is 5.71 Å². The Morgan fingerprint density at radius 1 is 0.783 bits per heavy atom. The Hall–Kier alpha value is -2.39. The zero-order valence-corrected chi connectivity index (χ0v) is 14.4. The van der Waals surface area contributed by atoms with Crippen LogP contribution in [0.4, 0.5) is 5.69 Å². The van der Waals surface area contributed by atoms with E-state index in [1.165, 1.54) is 11.1 Å². The zero-order valence-electron chi connectivity index (χ0n) is 12.8. The van der Waals surface area contributed by atoms with Gasteiger partial charge in [-0.2, -0.15) is 5.10 Å². The molecule has 0 spiro atoms. The van der Waals surface area contributed by atoms with Crippen molar-refractivity contribution in [3.8, 4) is 11.1 Å². The summed E-state index contributed by atoms with van der Waals surface area (Å²) in [5, 5.41) is 4.44. The first-order chi connectivity index (χ1) is 11.2. The highest BCUT2D eigenvalue weighted by molar-refractivity contribution is 9.10. The maximum Gasteiger partial charge on any atom is 0.0648 e. The first-order valence-electron chi connectivity index (χ1n) is 7.44. The number of para-hydroxylation sites is 1. The van der Waals surface area contributed by atoms with E-state index in [-0.39, 0.29) is 0 Å². The molecule has 2 nitrogen and oxygen atoms in total. The van der Waals surface area contributed by atoms with E-state index in [0.29, 0.717) is 0 Å². The molecule has 0 atom stereocenters. The molecule has 0 aliphatic carbocycles. The van der Waals surface area contributed by atoms with E-state index in [1.54, 1.807) is 0 Å². The summed E-state index contributed by atoms with van der Waals surface area (Å²) in [6, 6.07) is 26.7. The Morgan fingerprint density at radius 2 is 1.35 bits per heavy atom. The van der Waals surface area contributed by atoms with E-state index in [0.717, 1.165) is 21.4 Å². The second-order valence-corrected chi connectivity index (χ2v) is 6.17. The Labute approximate surface area is 145 Å². The van der Waals surface area contributed by atoms with Crippen LogP contribution in [0.5, 0.6) is 0 Å². The summed E-state index contributed by atoms with van der Waals surface area (Å²) in [5.41, 5.74) is 8.53. The Balaban J connectivity index is 1.75. The van der Waals surface area contributed by atoms with E-state index < -0.39 is 0 Å². The van der Waals surface area contributed by atoms with Crippen LogP contribution in [0.15, 0.2) is 88.4 Å². The SMILES string of the molecule is CC(=NNc1ccccc1)c1ccc(-c2ccc(Br)cc2)cc1. The number of hydrogen-bond donors (Lipinski definition) is 1. The summed E-state index contributed by atoms with van der Waals surface area (Å²) in [6.45, 7) is 2.00. The molecule has 0 saturated carbocycles. The van der Waals surface area contributed by atoms with Crippen LogP contribution in [0, 0.1) is 0 Å². The predicted molar refractivity (Wildman–Crippen MR) is 102 cm³/mol. The van der Waals surface area contributed by atoms with Gasteiger partial charge in [-0.3, -0.25) is 5.43 Å². The Morgan fingerprint density at radius 3 is 1.96 bits per heavy atom. The Bertz CT molecular complexity index is 791. The van der Waals surface area contributed by atoms with Crippen molar-refractivity contribution in [1.29, 1.82) is 0 Å². The first-order valence-corrected chi connectivity index (χ1v) is 8.23. The molecule has 1 N–H and O–H groups in total. The van der Waals surface area contributed by atoms with Gasteiger partial charge in [0.05, 0.1) is 11.4 Å². The molecule has 0 unspecified atom stereocenters. The van der Waals surface area contributed by atoms with Crippen LogP contribution in [-0.2, 0) is 0 Å². The van der Waals surface area contributed by atoms with Gasteiger partial charge in [0.15, 0.2) is 0 Å². The molecule has 114 valence electrons. The predicted octanol–water partition coefficient (Wildman–Crippen LogP) is 5.95. The summed E-state index contributed by atoms with van der Waals surface area (Å²) >= 11 is 3.46. The number of nitrogens with zero attached hydrogens (tertiary/aromatic N) is 1. The number of nitrogens with one attached hydrogen (secondary N) is 1. The van der Waals surface area contributed by atoms with Gasteiger partial charge in [-0.05, 0) is 47.9 Å². The normalized spacial score (nSPS) is 11.3. The molecule has 3 aromatic rings. The molecular formula is C20H17BrN2. The minimum atomic E-state index is 0.955. The highest BCUT2D eigenvalue weighted by Gasteiger charge is 2.01. The third-order valence-corrected chi connectivity index (χ3v) is 4.14. The minimum Gasteiger partial charge on any atom is -0.278 e. The van der Waals surface area contributed by atoms with Crippen molar-refractivity contribution in [2.45, 2.75) is 6.92 Å². The standard InChI is InChI=1S/C20H17BrN2/c1-15(22-23-20-5-3-2-4-6-20)16-7-9-17(10-8-16)18-11-13-19(21)14-12-18/h2-14,23H,1H3. The van der Waals surface area contributed by atoms with Crippen molar-refractivity contribution in [3.05, 3.63) is 88.9 Å². The molecule has 0 aromatic heterocycles. The number of anilines is 1. The van der Waals surface area contributed by atoms with Gasteiger partial charge in [-0.1, -0.05) is 70.5 Å². The van der Waals surface area contributed by atoms with E-state index in [9.17, 15) is 0 Å². The van der Waals surface area contributed by atoms with Gasteiger partial charge in [0.2, 0.25) is 0 Å². The molecule has 3 aromatic carbocycles. The lowest BCUT2D eigenvalue weighted by Crippen LogP contribution is -1.99. The van der Waals surface area contributed by atoms with E-state index in [2.05, 4.69) is 75.0 Å². The lowest BCUT2D eigenvalue weighted by Gasteiger charge is -2.06. The van der Waals surface area contributed by atoms with E-state index in [1.807, 2.05) is 37.3 Å². The molecular weight excluding hydrogens is 348 g/mol. The summed E-state index contributed by atoms with van der Waals surface area (Å²) < 4.78 is 1.09. The van der Waals surface area contributed by atoms with Gasteiger partial charge >= 0.3 is 0 Å². The maximum atomic E-state index is 4.44. The number of rotatable bonds is 4. The van der Waals surface area contributed by atoms with Crippen molar-refractivity contribution in [2.75, 3.05) is 5.43 Å². The van der Waals surface area contributed by atoms with Crippen LogP contribution < -0.4 is 5.43 Å². The van der Waals surface area contributed by atoms with Crippen LogP contribution >= 0.6 is 15.9 Å². The van der Waals surface area contributed by atoms with Gasteiger partial charge in [0.25, 0.3) is 0 Å². The summed E-state index contributed by atoms with van der Waals surface area (Å²) in [4.78, 5) is 0. The molecule has 0 bridgehead atoms. The Kier molecular flexibility index (Phi) is 4.89. The molecule has 0 aliphatic rings. The fraction of sp³-hybridized carbons (Fsp3) is 0.0500. The fourth-order valence-corrected chi connectivity index (χ4v) is 2.54. The third kappa shape index (κ3) is 4.08. The molecule has 3 heteroatoms. The molecule has 0 radical (unpaired) electrons. The lowest BCUT2D eigenvalue weighted by molar-refractivity contribution is 1.32. The monoisotopic (exact) mass is 364 g/mol. The van der Waals surface area contributed by atoms with Crippen molar-refractivity contribution >= 4 is 27.3 Å². The molecule has 0 fully saturated rings. The number of hydrazone groups is 1. The number of benzene rings is 3. The third-order valence-electron chi connectivity index (χ3n) is 3.61. The zero-order chi connectivity index (χ0) is 16.1. The summed E-state index contributed by atoms with van der Waals surface area (Å²) in [6.07, 6.45) is 0. The summed E-state index contributed by atoms with van der Waals surface area (Å²) in [7, 11) is 0. The highest BCUT2D eigenvalue weighted by Crippen LogP contribution is 2.22. The fourth-order valence-electron chi connectivity index (χ4n) is 2.27. The van der Waals surface area contributed by atoms with Crippen molar-refractivity contribution in [1.82, 2.24) is 0 Å². The molecule has 0 heterocycles. The summed E-state index contributed by atoms with van der Waals surface area (Å²) in [5.74, 6) is 0. The van der Waals surface area contributed by atoms with Crippen molar-refractivity contribution in [3.63, 3.8) is 0 Å². The quantitative estimate of drug-likeness (QED) is 0.448. The second kappa shape index (κ2) is 7.25. The minimum absolute atomic E-state index is 0.955. The smallest absolute Gasteiger partial charge is 0.0648 e. The van der Waals surface area contributed by atoms with Gasteiger partial charge < -0.3 is 0 Å². The van der Waals surface area contributed by atoms with Crippen LogP contribution in [0.25, 0.3) is 11.1 Å². The molecule has 0 aliphatic heterocycles. The molecule has 23 heavy (non-hydrogen) atoms. The van der Waals surface area contributed by atoms with Gasteiger partial charge in [0, 0.05) is 4.47 Å². The van der Waals surface area contributed by atoms with Gasteiger partial charge in [0.1, 0.15) is 0 Å². The van der Waals surface area contributed by atoms with Gasteiger partial charge in [-0.25, -0.2) is 0 Å². The average molecular weight is 365 g/mol. The topological polar surface area (TPSA) is 24.4 Å². The number of hydrogen-bond acceptors (Lipinski definition) is 2. The maximum absolute atomic E-state index is 4.44. The molecule has 3 rings (SSSR count). The largest absolute Gasteiger partial charge is 0.278 e. The molecule has 0 saturated heterocycles.